The number of carbonyl (C=O) groups is 1. The van der Waals surface area contributed by atoms with Gasteiger partial charge in [0.1, 0.15) is 5.75 Å². The molecule has 0 bridgehead atoms. The fourth-order valence-electron chi connectivity index (χ4n) is 3.69. The fraction of sp³-hybridized carbons (Fsp3) is 0.409. The number of anilines is 1. The monoisotopic (exact) mass is 520 g/mol. The number of fused-ring (bicyclic) bond motifs is 1. The second-order valence-corrected chi connectivity index (χ2v) is 8.66. The Morgan fingerprint density at radius 1 is 1.26 bits per heavy atom. The highest BCUT2D eigenvalue weighted by Crippen LogP contribution is 2.43. The van der Waals surface area contributed by atoms with E-state index in [1.165, 1.54) is 0 Å². The maximum absolute atomic E-state index is 13.8. The van der Waals surface area contributed by atoms with Gasteiger partial charge in [-0.3, -0.25) is 9.69 Å². The van der Waals surface area contributed by atoms with Crippen molar-refractivity contribution in [2.24, 2.45) is 0 Å². The van der Waals surface area contributed by atoms with Gasteiger partial charge in [0.25, 0.3) is 5.91 Å². The van der Waals surface area contributed by atoms with Gasteiger partial charge in [-0.1, -0.05) is 0 Å². The van der Waals surface area contributed by atoms with Crippen LogP contribution in [0.5, 0.6) is 5.75 Å². The largest absolute Gasteiger partial charge is 0.493 e. The van der Waals surface area contributed by atoms with Crippen molar-refractivity contribution < 1.29 is 22.7 Å². The molecule has 1 heterocycles. The zero-order valence-corrected chi connectivity index (χ0v) is 20.1. The minimum absolute atomic E-state index is 0. The molecule has 0 unspecified atom stereocenters. The fourth-order valence-corrected chi connectivity index (χ4v) is 4.19. The van der Waals surface area contributed by atoms with Crippen LogP contribution in [0.2, 0.25) is 0 Å². The lowest BCUT2D eigenvalue weighted by atomic mass is 9.81. The molecule has 0 atom stereocenters. The van der Waals surface area contributed by atoms with Crippen molar-refractivity contribution in [2.45, 2.75) is 38.9 Å². The summed E-state index contributed by atoms with van der Waals surface area (Å²) in [5, 5.41) is 2.63. The summed E-state index contributed by atoms with van der Waals surface area (Å²) >= 11 is 3.35. The molecule has 170 valence electrons. The lowest BCUT2D eigenvalue weighted by Gasteiger charge is -2.42. The molecular weight excluding hydrogens is 497 g/mol. The summed E-state index contributed by atoms with van der Waals surface area (Å²) in [5.41, 5.74) is 0.0368. The molecule has 0 saturated heterocycles. The van der Waals surface area contributed by atoms with Crippen molar-refractivity contribution in [3.8, 4) is 5.75 Å². The second-order valence-electron chi connectivity index (χ2n) is 7.81. The van der Waals surface area contributed by atoms with E-state index in [0.29, 0.717) is 46.5 Å². The van der Waals surface area contributed by atoms with Crippen molar-refractivity contribution >= 4 is 39.9 Å². The maximum Gasteiger partial charge on any atom is 0.416 e. The number of nitrogens with zero attached hydrogens (tertiary/aromatic N) is 1. The molecule has 3 rings (SSSR count). The van der Waals surface area contributed by atoms with Gasteiger partial charge in [-0.25, -0.2) is 0 Å². The molecule has 1 amide bonds. The Morgan fingerprint density at radius 2 is 1.94 bits per heavy atom. The van der Waals surface area contributed by atoms with Gasteiger partial charge in [0.05, 0.1) is 16.6 Å². The number of ether oxygens (including phenoxy) is 1. The van der Waals surface area contributed by atoms with Gasteiger partial charge in [-0.15, -0.1) is 12.4 Å². The Morgan fingerprint density at radius 3 is 2.52 bits per heavy atom. The normalized spacial score (nSPS) is 15.6. The number of halogens is 5. The van der Waals surface area contributed by atoms with Crippen LogP contribution in [0.4, 0.5) is 18.9 Å². The van der Waals surface area contributed by atoms with Gasteiger partial charge in [-0.2, -0.15) is 13.2 Å². The van der Waals surface area contributed by atoms with E-state index in [2.05, 4.69) is 21.2 Å². The predicted octanol–water partition coefficient (Wildman–Crippen LogP) is 6.26. The standard InChI is InChI=1S/C22H24BrF3N2O2.ClH/c1-5-30-19-7-6-13(10-18(19)23)20(29)27-14-11-16-15(17(12-14)22(24,25)26)8-9-28(4)21(16,2)3;/h6-7,10-12H,5,8-9H2,1-4H3,(H,27,29);1H. The Bertz CT molecular complexity index is 980. The highest BCUT2D eigenvalue weighted by atomic mass is 79.9. The van der Waals surface area contributed by atoms with Crippen LogP contribution >= 0.6 is 28.3 Å². The van der Waals surface area contributed by atoms with Crippen LogP contribution in [-0.4, -0.2) is 31.0 Å². The van der Waals surface area contributed by atoms with Gasteiger partial charge in [0.2, 0.25) is 0 Å². The smallest absolute Gasteiger partial charge is 0.416 e. The summed E-state index contributed by atoms with van der Waals surface area (Å²) in [5.74, 6) is 0.0979. The molecule has 9 heteroatoms. The number of carbonyl (C=O) groups excluding carboxylic acids is 1. The molecule has 4 nitrogen and oxygen atoms in total. The van der Waals surface area contributed by atoms with Crippen LogP contribution in [0.25, 0.3) is 0 Å². The topological polar surface area (TPSA) is 41.6 Å². The van der Waals surface area contributed by atoms with Crippen LogP contribution < -0.4 is 10.1 Å². The van der Waals surface area contributed by atoms with Crippen LogP contribution in [0.15, 0.2) is 34.8 Å². The zero-order valence-electron chi connectivity index (χ0n) is 17.7. The van der Waals surface area contributed by atoms with Gasteiger partial charge in [0, 0.05) is 23.3 Å². The number of nitrogens with one attached hydrogen (secondary N) is 1. The van der Waals surface area contributed by atoms with Crippen molar-refractivity contribution in [1.29, 1.82) is 0 Å². The number of likely N-dealkylation sites (N-methyl/N-ethyl adjacent to an activating group) is 1. The minimum atomic E-state index is -4.50. The van der Waals surface area contributed by atoms with Crippen LogP contribution in [0.3, 0.4) is 0 Å². The third kappa shape index (κ3) is 5.18. The molecule has 0 saturated carbocycles. The lowest BCUT2D eigenvalue weighted by molar-refractivity contribution is -0.138. The Hall–Kier alpha value is -1.77. The molecule has 0 aliphatic carbocycles. The van der Waals surface area contributed by atoms with Crippen molar-refractivity contribution in [3.05, 3.63) is 57.1 Å². The molecule has 0 aromatic heterocycles. The Balaban J connectivity index is 0.00000341. The first-order chi connectivity index (χ1) is 13.9. The zero-order chi connectivity index (χ0) is 22.3. The first-order valence-corrected chi connectivity index (χ1v) is 10.4. The van der Waals surface area contributed by atoms with Crippen LogP contribution in [0.1, 0.15) is 47.8 Å². The summed E-state index contributed by atoms with van der Waals surface area (Å²) in [6, 6.07) is 7.49. The summed E-state index contributed by atoms with van der Waals surface area (Å²) < 4.78 is 47.4. The van der Waals surface area contributed by atoms with Gasteiger partial charge < -0.3 is 10.1 Å². The van der Waals surface area contributed by atoms with E-state index < -0.39 is 23.2 Å². The van der Waals surface area contributed by atoms with E-state index in [4.69, 9.17) is 4.74 Å². The summed E-state index contributed by atoms with van der Waals surface area (Å²) in [6.07, 6.45) is -4.19. The number of hydrogen-bond donors (Lipinski definition) is 1. The highest BCUT2D eigenvalue weighted by Gasteiger charge is 2.40. The average molecular weight is 522 g/mol. The van der Waals surface area contributed by atoms with Crippen molar-refractivity contribution in [3.63, 3.8) is 0 Å². The maximum atomic E-state index is 13.8. The van der Waals surface area contributed by atoms with E-state index in [0.717, 1.165) is 6.07 Å². The average Bonchev–Trinajstić information content (AvgIpc) is 2.66. The first-order valence-electron chi connectivity index (χ1n) is 9.64. The minimum Gasteiger partial charge on any atom is -0.493 e. The number of rotatable bonds is 4. The van der Waals surface area contributed by atoms with Gasteiger partial charge in [0.15, 0.2) is 0 Å². The number of benzene rings is 2. The van der Waals surface area contributed by atoms with Crippen LogP contribution in [-0.2, 0) is 18.1 Å². The number of amides is 1. The predicted molar refractivity (Wildman–Crippen MR) is 121 cm³/mol. The Kier molecular flexibility index (Phi) is 7.72. The van der Waals surface area contributed by atoms with Crippen LogP contribution in [0, 0.1) is 0 Å². The molecule has 1 N–H and O–H groups in total. The second kappa shape index (κ2) is 9.38. The molecule has 2 aromatic rings. The number of hydrogen-bond acceptors (Lipinski definition) is 3. The molecule has 2 aromatic carbocycles. The summed E-state index contributed by atoms with van der Waals surface area (Å²) in [7, 11) is 1.89. The highest BCUT2D eigenvalue weighted by molar-refractivity contribution is 9.10. The van der Waals surface area contributed by atoms with Gasteiger partial charge in [-0.05, 0) is 91.6 Å². The third-order valence-electron chi connectivity index (χ3n) is 5.62. The lowest BCUT2D eigenvalue weighted by Crippen LogP contribution is -2.44. The van der Waals surface area contributed by atoms with E-state index >= 15 is 0 Å². The molecule has 0 spiro atoms. The molecule has 1 aliphatic heterocycles. The molecule has 0 fully saturated rings. The number of alkyl halides is 3. The molecule has 31 heavy (non-hydrogen) atoms. The quantitative estimate of drug-likeness (QED) is 0.516. The van der Waals surface area contributed by atoms with Crippen molar-refractivity contribution in [1.82, 2.24) is 4.90 Å². The first kappa shape index (κ1) is 25.5. The third-order valence-corrected chi connectivity index (χ3v) is 6.24. The van der Waals surface area contributed by atoms with E-state index in [-0.39, 0.29) is 18.1 Å². The van der Waals surface area contributed by atoms with Crippen molar-refractivity contribution in [2.75, 3.05) is 25.5 Å². The molecular formula is C22H25BrClF3N2O2. The Labute approximate surface area is 194 Å². The molecule has 0 radical (unpaired) electrons. The summed E-state index contributed by atoms with van der Waals surface area (Å²) in [6.45, 7) is 6.64. The molecule has 1 aliphatic rings. The summed E-state index contributed by atoms with van der Waals surface area (Å²) in [4.78, 5) is 14.7. The van der Waals surface area contributed by atoms with Gasteiger partial charge >= 0.3 is 6.18 Å². The SMILES string of the molecule is CCOc1ccc(C(=O)Nc2cc(C(F)(F)F)c3c(c2)C(C)(C)N(C)CC3)cc1Br.Cl. The van der Waals surface area contributed by atoms with E-state index in [1.807, 2.05) is 32.7 Å². The van der Waals surface area contributed by atoms with E-state index in [9.17, 15) is 18.0 Å². The van der Waals surface area contributed by atoms with E-state index in [1.54, 1.807) is 24.3 Å².